The number of Topliss-reactive ketones (excluding diaryl/α,β-unsaturated/α-hetero) is 2. The number of unbranched alkanes of at least 4 members (excludes halogenated alkanes) is 6. The van der Waals surface area contributed by atoms with Gasteiger partial charge in [-0.3, -0.25) is 9.59 Å². The highest BCUT2D eigenvalue weighted by Gasteiger charge is 2.10. The molecule has 0 fully saturated rings. The van der Waals surface area contributed by atoms with Crippen molar-refractivity contribution in [3.8, 4) is 0 Å². The van der Waals surface area contributed by atoms with Crippen molar-refractivity contribution < 1.29 is 9.59 Å². The Morgan fingerprint density at radius 1 is 0.833 bits per heavy atom. The Balaban J connectivity index is 3.39. The van der Waals surface area contributed by atoms with Crippen LogP contribution in [0.1, 0.15) is 85.0 Å². The van der Waals surface area contributed by atoms with Crippen LogP contribution in [0.25, 0.3) is 0 Å². The second kappa shape index (κ2) is 11.4. The molecule has 0 unspecified atom stereocenters. The summed E-state index contributed by atoms with van der Waals surface area (Å²) >= 11 is 0. The van der Waals surface area contributed by atoms with Crippen molar-refractivity contribution in [3.63, 3.8) is 0 Å². The molecule has 0 atom stereocenters. The van der Waals surface area contributed by atoms with E-state index in [0.29, 0.717) is 18.8 Å². The van der Waals surface area contributed by atoms with Crippen LogP contribution in [0.2, 0.25) is 0 Å². The predicted molar refractivity (Wildman–Crippen MR) is 76.7 cm³/mol. The molecule has 0 aliphatic carbocycles. The summed E-state index contributed by atoms with van der Waals surface area (Å²) in [7, 11) is 0. The van der Waals surface area contributed by atoms with Crippen molar-refractivity contribution in [1.29, 1.82) is 0 Å². The molecule has 0 radical (unpaired) electrons. The van der Waals surface area contributed by atoms with Crippen LogP contribution in [0, 0.1) is 5.92 Å². The molecule has 0 aliphatic rings. The number of hydrogen-bond donors (Lipinski definition) is 0. The van der Waals surface area contributed by atoms with Gasteiger partial charge in [0.1, 0.15) is 11.6 Å². The second-order valence-corrected chi connectivity index (χ2v) is 5.72. The van der Waals surface area contributed by atoms with Gasteiger partial charge in [-0.15, -0.1) is 0 Å². The van der Waals surface area contributed by atoms with Crippen molar-refractivity contribution in [1.82, 2.24) is 0 Å². The third-order valence-corrected chi connectivity index (χ3v) is 3.09. The van der Waals surface area contributed by atoms with Gasteiger partial charge in [-0.25, -0.2) is 0 Å². The molecule has 0 heterocycles. The molecule has 0 aromatic carbocycles. The lowest BCUT2D eigenvalue weighted by Crippen LogP contribution is -2.09. The van der Waals surface area contributed by atoms with Gasteiger partial charge in [0.25, 0.3) is 0 Å². The number of hydrogen-bond acceptors (Lipinski definition) is 2. The molecular weight excluding hydrogens is 224 g/mol. The molecule has 0 aromatic heterocycles. The Bertz CT molecular complexity index is 231. The molecule has 0 aromatic rings. The summed E-state index contributed by atoms with van der Waals surface area (Å²) in [6.45, 7) is 6.24. The number of carbonyl (C=O) groups excluding carboxylic acids is 2. The lowest BCUT2D eigenvalue weighted by molar-refractivity contribution is -0.127. The Morgan fingerprint density at radius 3 is 1.94 bits per heavy atom. The number of ketones is 2. The highest BCUT2D eigenvalue weighted by Crippen LogP contribution is 2.10. The fraction of sp³-hybridized carbons (Fsp3) is 0.875. The summed E-state index contributed by atoms with van der Waals surface area (Å²) < 4.78 is 0. The quantitative estimate of drug-likeness (QED) is 0.373. The standard InChI is InChI=1S/C16H30O2/c1-4-5-6-7-8-9-10-11-15(17)13-16(18)12-14(2)3/h14H,4-13H2,1-3H3. The highest BCUT2D eigenvalue weighted by molar-refractivity contribution is 5.99. The molecule has 0 bridgehead atoms. The van der Waals surface area contributed by atoms with Gasteiger partial charge in [0.05, 0.1) is 6.42 Å². The van der Waals surface area contributed by atoms with Crippen LogP contribution in [0.15, 0.2) is 0 Å². The maximum absolute atomic E-state index is 11.5. The monoisotopic (exact) mass is 254 g/mol. The molecule has 2 heteroatoms. The van der Waals surface area contributed by atoms with E-state index in [1.54, 1.807) is 0 Å². The van der Waals surface area contributed by atoms with Crippen molar-refractivity contribution in [2.75, 3.05) is 0 Å². The van der Waals surface area contributed by atoms with Crippen molar-refractivity contribution in [3.05, 3.63) is 0 Å². The zero-order valence-electron chi connectivity index (χ0n) is 12.5. The van der Waals surface area contributed by atoms with Gasteiger partial charge in [0.15, 0.2) is 0 Å². The maximum Gasteiger partial charge on any atom is 0.140 e. The molecule has 0 amide bonds. The zero-order valence-corrected chi connectivity index (χ0v) is 12.5. The van der Waals surface area contributed by atoms with Crippen LogP contribution >= 0.6 is 0 Å². The molecule has 2 nitrogen and oxygen atoms in total. The van der Waals surface area contributed by atoms with E-state index in [2.05, 4.69) is 6.92 Å². The van der Waals surface area contributed by atoms with Crippen molar-refractivity contribution >= 4 is 11.6 Å². The van der Waals surface area contributed by atoms with Gasteiger partial charge in [0.2, 0.25) is 0 Å². The predicted octanol–water partition coefficient (Wildman–Crippen LogP) is 4.70. The van der Waals surface area contributed by atoms with Gasteiger partial charge in [-0.1, -0.05) is 59.3 Å². The Morgan fingerprint density at radius 2 is 1.39 bits per heavy atom. The number of rotatable bonds is 12. The largest absolute Gasteiger partial charge is 0.299 e. The summed E-state index contributed by atoms with van der Waals surface area (Å²) in [6.07, 6.45) is 9.82. The van der Waals surface area contributed by atoms with Gasteiger partial charge in [-0.2, -0.15) is 0 Å². The third kappa shape index (κ3) is 11.8. The van der Waals surface area contributed by atoms with E-state index < -0.39 is 0 Å². The summed E-state index contributed by atoms with van der Waals surface area (Å²) in [4.78, 5) is 23.0. The third-order valence-electron chi connectivity index (χ3n) is 3.09. The smallest absolute Gasteiger partial charge is 0.140 e. The average Bonchev–Trinajstić information content (AvgIpc) is 2.26. The van der Waals surface area contributed by atoms with E-state index in [4.69, 9.17) is 0 Å². The van der Waals surface area contributed by atoms with E-state index >= 15 is 0 Å². The second-order valence-electron chi connectivity index (χ2n) is 5.72. The van der Waals surface area contributed by atoms with E-state index in [1.165, 1.54) is 32.1 Å². The first-order valence-electron chi connectivity index (χ1n) is 7.59. The molecule has 0 N–H and O–H groups in total. The van der Waals surface area contributed by atoms with Gasteiger partial charge >= 0.3 is 0 Å². The van der Waals surface area contributed by atoms with Crippen LogP contribution in [-0.2, 0) is 9.59 Å². The van der Waals surface area contributed by atoms with Crippen molar-refractivity contribution in [2.24, 2.45) is 5.92 Å². The number of carbonyl (C=O) groups is 2. The fourth-order valence-corrected chi connectivity index (χ4v) is 2.12. The maximum atomic E-state index is 11.5. The normalized spacial score (nSPS) is 10.9. The van der Waals surface area contributed by atoms with Crippen LogP contribution < -0.4 is 0 Å². The van der Waals surface area contributed by atoms with E-state index in [-0.39, 0.29) is 18.0 Å². The fourth-order valence-electron chi connectivity index (χ4n) is 2.12. The van der Waals surface area contributed by atoms with Crippen LogP contribution in [0.3, 0.4) is 0 Å². The van der Waals surface area contributed by atoms with Gasteiger partial charge in [-0.05, 0) is 12.3 Å². The molecule has 0 rings (SSSR count). The first kappa shape index (κ1) is 17.3. The zero-order chi connectivity index (χ0) is 13.8. The van der Waals surface area contributed by atoms with Crippen LogP contribution in [0.5, 0.6) is 0 Å². The highest BCUT2D eigenvalue weighted by atomic mass is 16.1. The Labute approximate surface area is 113 Å². The molecular formula is C16H30O2. The average molecular weight is 254 g/mol. The van der Waals surface area contributed by atoms with Gasteiger partial charge in [0, 0.05) is 12.8 Å². The molecule has 0 saturated heterocycles. The van der Waals surface area contributed by atoms with E-state index in [9.17, 15) is 9.59 Å². The first-order chi connectivity index (χ1) is 8.56. The minimum absolute atomic E-state index is 0.109. The molecule has 106 valence electrons. The topological polar surface area (TPSA) is 34.1 Å². The minimum Gasteiger partial charge on any atom is -0.299 e. The van der Waals surface area contributed by atoms with Crippen LogP contribution in [0.4, 0.5) is 0 Å². The Kier molecular flexibility index (Phi) is 11.0. The van der Waals surface area contributed by atoms with Gasteiger partial charge < -0.3 is 0 Å². The first-order valence-corrected chi connectivity index (χ1v) is 7.59. The summed E-state index contributed by atoms with van der Waals surface area (Å²) in [6, 6.07) is 0. The summed E-state index contributed by atoms with van der Waals surface area (Å²) in [5.41, 5.74) is 0. The lowest BCUT2D eigenvalue weighted by Gasteiger charge is -2.04. The molecule has 0 spiro atoms. The molecule has 18 heavy (non-hydrogen) atoms. The molecule has 0 saturated carbocycles. The SMILES string of the molecule is CCCCCCCCCC(=O)CC(=O)CC(C)C. The van der Waals surface area contributed by atoms with Crippen molar-refractivity contribution in [2.45, 2.75) is 85.0 Å². The van der Waals surface area contributed by atoms with Crippen LogP contribution in [-0.4, -0.2) is 11.6 Å². The Hall–Kier alpha value is -0.660. The van der Waals surface area contributed by atoms with E-state index in [0.717, 1.165) is 12.8 Å². The lowest BCUT2D eigenvalue weighted by atomic mass is 10.0. The summed E-state index contributed by atoms with van der Waals surface area (Å²) in [5.74, 6) is 0.607. The minimum atomic E-state index is 0.109. The summed E-state index contributed by atoms with van der Waals surface area (Å²) in [5, 5.41) is 0. The molecule has 0 aliphatic heterocycles. The van der Waals surface area contributed by atoms with E-state index in [1.807, 2.05) is 13.8 Å².